The second-order valence-electron chi connectivity index (χ2n) is 6.40. The van der Waals surface area contributed by atoms with E-state index in [0.717, 1.165) is 16.9 Å². The van der Waals surface area contributed by atoms with Crippen LogP contribution >= 0.6 is 15.9 Å². The number of halogens is 1. The summed E-state index contributed by atoms with van der Waals surface area (Å²) in [5.74, 6) is 0.541. The van der Waals surface area contributed by atoms with E-state index in [9.17, 15) is 9.59 Å². The fourth-order valence-corrected chi connectivity index (χ4v) is 2.98. The molecule has 8 nitrogen and oxygen atoms in total. The van der Waals surface area contributed by atoms with E-state index in [2.05, 4.69) is 42.3 Å². The van der Waals surface area contributed by atoms with Crippen LogP contribution in [-0.4, -0.2) is 28.9 Å². The summed E-state index contributed by atoms with van der Waals surface area (Å²) in [5, 5.41) is 15.2. The maximum atomic E-state index is 12.6. The molecule has 0 aliphatic heterocycles. The van der Waals surface area contributed by atoms with Gasteiger partial charge in [0.2, 0.25) is 0 Å². The first-order valence-corrected chi connectivity index (χ1v) is 9.65. The van der Waals surface area contributed by atoms with Crippen LogP contribution in [0.5, 0.6) is 0 Å². The third-order valence-corrected chi connectivity index (χ3v) is 4.74. The summed E-state index contributed by atoms with van der Waals surface area (Å²) in [7, 11) is 1.53. The van der Waals surface area contributed by atoms with E-state index in [-0.39, 0.29) is 6.03 Å². The predicted octanol–water partition coefficient (Wildman–Crippen LogP) is 4.65. The second kappa shape index (κ2) is 8.78. The number of nitrogens with zero attached hydrogens (tertiary/aromatic N) is 2. The van der Waals surface area contributed by atoms with Gasteiger partial charge in [0, 0.05) is 23.3 Å². The van der Waals surface area contributed by atoms with Crippen LogP contribution in [0.3, 0.4) is 0 Å². The first kappa shape index (κ1) is 20.4. The van der Waals surface area contributed by atoms with Gasteiger partial charge in [-0.1, -0.05) is 17.7 Å². The number of carbonyl (C=O) groups is 2. The number of aromatic nitrogens is 2. The quantitative estimate of drug-likeness (QED) is 0.459. The minimum absolute atomic E-state index is 0.347. The lowest BCUT2D eigenvalue weighted by molar-refractivity contribution is 0.254. The number of hydrogen-bond acceptors (Lipinski definition) is 3. The smallest absolute Gasteiger partial charge is 0.324 e. The van der Waals surface area contributed by atoms with Crippen LogP contribution in [0.15, 0.2) is 53.0 Å². The third kappa shape index (κ3) is 5.14. The molecule has 9 heteroatoms. The monoisotopic (exact) mass is 456 g/mol. The van der Waals surface area contributed by atoms with Crippen molar-refractivity contribution in [1.82, 2.24) is 15.1 Å². The number of carbonyl (C=O) groups excluding carboxylic acids is 2. The average molecular weight is 457 g/mol. The van der Waals surface area contributed by atoms with Gasteiger partial charge in [-0.15, -0.1) is 0 Å². The number of hydrogen-bond donors (Lipinski definition) is 4. The molecule has 0 saturated heterocycles. The fraction of sp³-hybridized carbons (Fsp3) is 0.150. The van der Waals surface area contributed by atoms with E-state index < -0.39 is 6.03 Å². The standard InChI is InChI=1S/C20H21BrN6O2/c1-12-4-7-15(8-5-12)27-18(10-13(2)26-27)25-20(29)24-17-11-14(6-9-16(17)21)23-19(28)22-3/h4-11H,1-3H3,(H2,22,23,28)(H2,24,25,29). The molecule has 2 aromatic carbocycles. The van der Waals surface area contributed by atoms with Gasteiger partial charge in [-0.05, 0) is 60.1 Å². The summed E-state index contributed by atoms with van der Waals surface area (Å²) >= 11 is 3.40. The summed E-state index contributed by atoms with van der Waals surface area (Å²) < 4.78 is 2.35. The fourth-order valence-electron chi connectivity index (χ4n) is 2.63. The molecule has 4 amide bonds. The van der Waals surface area contributed by atoms with Crippen molar-refractivity contribution < 1.29 is 9.59 Å². The van der Waals surface area contributed by atoms with Crippen LogP contribution in [0.1, 0.15) is 11.3 Å². The normalized spacial score (nSPS) is 10.3. The zero-order valence-electron chi connectivity index (χ0n) is 16.2. The first-order valence-electron chi connectivity index (χ1n) is 8.85. The minimum Gasteiger partial charge on any atom is -0.341 e. The van der Waals surface area contributed by atoms with Crippen molar-refractivity contribution in [3.05, 3.63) is 64.3 Å². The highest BCUT2D eigenvalue weighted by molar-refractivity contribution is 9.10. The summed E-state index contributed by atoms with van der Waals surface area (Å²) in [5.41, 5.74) is 3.81. The lowest BCUT2D eigenvalue weighted by Gasteiger charge is -2.12. The van der Waals surface area contributed by atoms with Gasteiger partial charge in [0.05, 0.1) is 17.1 Å². The van der Waals surface area contributed by atoms with Crippen LogP contribution in [0.2, 0.25) is 0 Å². The van der Waals surface area contributed by atoms with Gasteiger partial charge in [0.25, 0.3) is 0 Å². The van der Waals surface area contributed by atoms with Crippen molar-refractivity contribution in [2.45, 2.75) is 13.8 Å². The SMILES string of the molecule is CNC(=O)Nc1ccc(Br)c(NC(=O)Nc2cc(C)nn2-c2ccc(C)cc2)c1. The molecule has 0 atom stereocenters. The molecule has 0 aliphatic carbocycles. The molecule has 0 fully saturated rings. The molecule has 150 valence electrons. The second-order valence-corrected chi connectivity index (χ2v) is 7.25. The molecule has 0 radical (unpaired) electrons. The van der Waals surface area contributed by atoms with Crippen molar-refractivity contribution in [3.8, 4) is 5.69 Å². The van der Waals surface area contributed by atoms with E-state index in [4.69, 9.17) is 0 Å². The van der Waals surface area contributed by atoms with E-state index >= 15 is 0 Å². The van der Waals surface area contributed by atoms with E-state index in [1.807, 2.05) is 38.1 Å². The number of benzene rings is 2. The number of aryl methyl sites for hydroxylation is 2. The largest absolute Gasteiger partial charge is 0.341 e. The minimum atomic E-state index is -0.434. The molecule has 29 heavy (non-hydrogen) atoms. The van der Waals surface area contributed by atoms with Crippen LogP contribution < -0.4 is 21.3 Å². The molecule has 3 rings (SSSR count). The Kier molecular flexibility index (Phi) is 6.18. The maximum absolute atomic E-state index is 12.6. The number of rotatable bonds is 4. The Morgan fingerprint density at radius 1 is 0.931 bits per heavy atom. The van der Waals surface area contributed by atoms with Crippen LogP contribution in [-0.2, 0) is 0 Å². The highest BCUT2D eigenvalue weighted by Gasteiger charge is 2.13. The Hall–Kier alpha value is -3.33. The highest BCUT2D eigenvalue weighted by atomic mass is 79.9. The van der Waals surface area contributed by atoms with Crippen LogP contribution in [0.25, 0.3) is 5.69 Å². The maximum Gasteiger partial charge on any atom is 0.324 e. The Bertz CT molecular complexity index is 1050. The first-order chi connectivity index (χ1) is 13.9. The number of nitrogens with one attached hydrogen (secondary N) is 4. The summed E-state index contributed by atoms with van der Waals surface area (Å²) in [4.78, 5) is 24.1. The molecule has 0 bridgehead atoms. The molecule has 0 unspecified atom stereocenters. The predicted molar refractivity (Wildman–Crippen MR) is 118 cm³/mol. The van der Waals surface area contributed by atoms with Gasteiger partial charge in [0.15, 0.2) is 0 Å². The van der Waals surface area contributed by atoms with Crippen molar-refractivity contribution in [2.24, 2.45) is 0 Å². The van der Waals surface area contributed by atoms with E-state index in [1.165, 1.54) is 7.05 Å². The van der Waals surface area contributed by atoms with Crippen molar-refractivity contribution in [1.29, 1.82) is 0 Å². The molecule has 1 aromatic heterocycles. The van der Waals surface area contributed by atoms with E-state index in [1.54, 1.807) is 28.9 Å². The summed E-state index contributed by atoms with van der Waals surface area (Å²) in [6.45, 7) is 3.87. The number of amides is 4. The molecule has 4 N–H and O–H groups in total. The Morgan fingerprint density at radius 2 is 1.66 bits per heavy atom. The Morgan fingerprint density at radius 3 is 2.34 bits per heavy atom. The van der Waals surface area contributed by atoms with Crippen LogP contribution in [0.4, 0.5) is 26.8 Å². The van der Waals surface area contributed by atoms with Gasteiger partial charge in [0.1, 0.15) is 5.82 Å². The lowest BCUT2D eigenvalue weighted by Crippen LogP contribution is -2.25. The van der Waals surface area contributed by atoms with Gasteiger partial charge >= 0.3 is 12.1 Å². The number of urea groups is 2. The zero-order valence-corrected chi connectivity index (χ0v) is 17.8. The Labute approximate surface area is 176 Å². The van der Waals surface area contributed by atoms with Gasteiger partial charge < -0.3 is 16.0 Å². The zero-order chi connectivity index (χ0) is 21.0. The van der Waals surface area contributed by atoms with E-state index in [0.29, 0.717) is 21.7 Å². The van der Waals surface area contributed by atoms with Gasteiger partial charge in [-0.3, -0.25) is 5.32 Å². The highest BCUT2D eigenvalue weighted by Crippen LogP contribution is 2.26. The average Bonchev–Trinajstić information content (AvgIpc) is 3.04. The van der Waals surface area contributed by atoms with Gasteiger partial charge in [-0.25, -0.2) is 14.3 Å². The molecule has 3 aromatic rings. The summed E-state index contributed by atoms with van der Waals surface area (Å²) in [6.07, 6.45) is 0. The van der Waals surface area contributed by atoms with Gasteiger partial charge in [-0.2, -0.15) is 5.10 Å². The molecule has 0 aliphatic rings. The van der Waals surface area contributed by atoms with Crippen molar-refractivity contribution in [2.75, 3.05) is 23.0 Å². The molecule has 0 spiro atoms. The van der Waals surface area contributed by atoms with Crippen molar-refractivity contribution in [3.63, 3.8) is 0 Å². The van der Waals surface area contributed by atoms with Crippen LogP contribution in [0, 0.1) is 13.8 Å². The molecule has 1 heterocycles. The molecular formula is C20H21BrN6O2. The van der Waals surface area contributed by atoms with Crippen molar-refractivity contribution >= 4 is 45.2 Å². The third-order valence-electron chi connectivity index (χ3n) is 4.05. The molecule has 0 saturated carbocycles. The lowest BCUT2D eigenvalue weighted by atomic mass is 10.2. The summed E-state index contributed by atoms with van der Waals surface area (Å²) in [6, 6.07) is 14.0. The Balaban J connectivity index is 1.77. The molecular weight excluding hydrogens is 436 g/mol. The topological polar surface area (TPSA) is 100 Å². The number of anilines is 3.